The first-order chi connectivity index (χ1) is 10.8. The molecule has 0 radical (unpaired) electrons. The molecule has 0 amide bonds. The van der Waals surface area contributed by atoms with Gasteiger partial charge in [-0.2, -0.15) is 0 Å². The van der Waals surface area contributed by atoms with Gasteiger partial charge in [0.2, 0.25) is 0 Å². The highest BCUT2D eigenvalue weighted by Gasteiger charge is 2.16. The summed E-state index contributed by atoms with van der Waals surface area (Å²) in [5, 5.41) is 2.29. The van der Waals surface area contributed by atoms with E-state index in [1.54, 1.807) is 6.92 Å². The number of aromatic nitrogens is 1. The molecule has 0 unspecified atom stereocenters. The zero-order valence-corrected chi connectivity index (χ0v) is 12.3. The van der Waals surface area contributed by atoms with Crippen molar-refractivity contribution >= 4 is 27.6 Å². The van der Waals surface area contributed by atoms with Crippen molar-refractivity contribution in [1.82, 2.24) is 4.57 Å². The number of rotatable bonds is 2. The predicted molar refractivity (Wildman–Crippen MR) is 90.8 cm³/mol. The van der Waals surface area contributed by atoms with Crippen LogP contribution in [0.2, 0.25) is 0 Å². The maximum absolute atomic E-state index is 12.1. The molecular weight excluding hydrogens is 270 g/mol. The second-order valence-corrected chi connectivity index (χ2v) is 5.45. The van der Waals surface area contributed by atoms with Gasteiger partial charge in [0.1, 0.15) is 0 Å². The summed E-state index contributed by atoms with van der Waals surface area (Å²) in [6.45, 7) is 1.63. The third-order valence-electron chi connectivity index (χ3n) is 4.09. The summed E-state index contributed by atoms with van der Waals surface area (Å²) in [4.78, 5) is 12.1. The number of nitrogens with zero attached hydrogens (tertiary/aromatic N) is 1. The van der Waals surface area contributed by atoms with E-state index in [-0.39, 0.29) is 5.78 Å². The van der Waals surface area contributed by atoms with Gasteiger partial charge < -0.3 is 4.57 Å². The SMILES string of the molecule is CC(=O)c1cccc2c3ccccc3n(-c3ccccc3)c12. The van der Waals surface area contributed by atoms with E-state index >= 15 is 0 Å². The fraction of sp³-hybridized carbons (Fsp3) is 0.0500. The van der Waals surface area contributed by atoms with Crippen molar-refractivity contribution in [2.75, 3.05) is 0 Å². The molecule has 4 aromatic rings. The van der Waals surface area contributed by atoms with Crippen LogP contribution in [-0.2, 0) is 0 Å². The van der Waals surface area contributed by atoms with Gasteiger partial charge in [0.15, 0.2) is 5.78 Å². The molecule has 0 aliphatic carbocycles. The topological polar surface area (TPSA) is 22.0 Å². The van der Waals surface area contributed by atoms with Crippen LogP contribution in [0.1, 0.15) is 17.3 Å². The maximum atomic E-state index is 12.1. The Hall–Kier alpha value is -2.87. The number of ketones is 1. The van der Waals surface area contributed by atoms with Crippen molar-refractivity contribution in [2.24, 2.45) is 0 Å². The number of Topliss-reactive ketones (excluding diaryl/α,β-unsaturated/α-hetero) is 1. The van der Waals surface area contributed by atoms with E-state index in [9.17, 15) is 4.79 Å². The first kappa shape index (κ1) is 12.8. The minimum Gasteiger partial charge on any atom is -0.309 e. The van der Waals surface area contributed by atoms with Crippen molar-refractivity contribution in [3.8, 4) is 5.69 Å². The third kappa shape index (κ3) is 1.77. The Kier molecular flexibility index (Phi) is 2.83. The van der Waals surface area contributed by atoms with Crippen LogP contribution >= 0.6 is 0 Å². The standard InChI is InChI=1S/C20H15NO/c1-14(22)16-11-7-12-18-17-10-5-6-13-19(17)21(20(16)18)15-8-3-2-4-9-15/h2-13H,1H3. The Morgan fingerprint density at radius 2 is 1.45 bits per heavy atom. The summed E-state index contributed by atoms with van der Waals surface area (Å²) < 4.78 is 2.18. The molecule has 0 N–H and O–H groups in total. The zero-order valence-electron chi connectivity index (χ0n) is 12.3. The minimum absolute atomic E-state index is 0.0885. The lowest BCUT2D eigenvalue weighted by Crippen LogP contribution is -1.99. The number of fused-ring (bicyclic) bond motifs is 3. The van der Waals surface area contributed by atoms with E-state index < -0.39 is 0 Å². The monoisotopic (exact) mass is 285 g/mol. The minimum atomic E-state index is 0.0885. The Morgan fingerprint density at radius 3 is 2.23 bits per heavy atom. The molecule has 3 aromatic carbocycles. The molecule has 0 atom stereocenters. The quantitative estimate of drug-likeness (QED) is 0.476. The van der Waals surface area contributed by atoms with Crippen molar-refractivity contribution in [1.29, 1.82) is 0 Å². The Bertz CT molecular complexity index is 996. The summed E-state index contributed by atoms with van der Waals surface area (Å²) in [5.41, 5.74) is 3.94. The number of hydrogen-bond acceptors (Lipinski definition) is 1. The van der Waals surface area contributed by atoms with Gasteiger partial charge in [-0.3, -0.25) is 4.79 Å². The van der Waals surface area contributed by atoms with E-state index in [4.69, 9.17) is 0 Å². The number of hydrogen-bond donors (Lipinski definition) is 0. The highest BCUT2D eigenvalue weighted by atomic mass is 16.1. The smallest absolute Gasteiger partial charge is 0.161 e. The van der Waals surface area contributed by atoms with Gasteiger partial charge >= 0.3 is 0 Å². The summed E-state index contributed by atoms with van der Waals surface area (Å²) >= 11 is 0. The van der Waals surface area contributed by atoms with Crippen LogP contribution < -0.4 is 0 Å². The van der Waals surface area contributed by atoms with Gasteiger partial charge in [-0.25, -0.2) is 0 Å². The van der Waals surface area contributed by atoms with Crippen LogP contribution in [0.5, 0.6) is 0 Å². The lowest BCUT2D eigenvalue weighted by atomic mass is 10.1. The van der Waals surface area contributed by atoms with Crippen LogP contribution in [0, 0.1) is 0 Å². The molecular formula is C20H15NO. The van der Waals surface area contributed by atoms with Gasteiger partial charge in [-0.15, -0.1) is 0 Å². The van der Waals surface area contributed by atoms with Crippen molar-refractivity contribution < 1.29 is 4.79 Å². The van der Waals surface area contributed by atoms with Gasteiger partial charge in [0.25, 0.3) is 0 Å². The fourth-order valence-electron chi connectivity index (χ4n) is 3.15. The number of benzene rings is 3. The summed E-state index contributed by atoms with van der Waals surface area (Å²) in [7, 11) is 0. The highest BCUT2D eigenvalue weighted by molar-refractivity contribution is 6.16. The third-order valence-corrected chi connectivity index (χ3v) is 4.09. The van der Waals surface area contributed by atoms with Gasteiger partial charge in [-0.1, -0.05) is 48.5 Å². The maximum Gasteiger partial charge on any atom is 0.161 e. The fourth-order valence-corrected chi connectivity index (χ4v) is 3.15. The molecule has 0 aliphatic rings. The van der Waals surface area contributed by atoms with Crippen LogP contribution in [0.3, 0.4) is 0 Å². The largest absolute Gasteiger partial charge is 0.309 e. The second kappa shape index (κ2) is 4.85. The predicted octanol–water partition coefficient (Wildman–Crippen LogP) is 4.99. The van der Waals surface area contributed by atoms with Crippen molar-refractivity contribution in [3.63, 3.8) is 0 Å². The number of carbonyl (C=O) groups excluding carboxylic acids is 1. The molecule has 2 heteroatoms. The van der Waals surface area contributed by atoms with Crippen LogP contribution in [-0.4, -0.2) is 10.4 Å². The van der Waals surface area contributed by atoms with Crippen LogP contribution in [0.25, 0.3) is 27.5 Å². The molecule has 4 rings (SSSR count). The summed E-state index contributed by atoms with van der Waals surface area (Å²) in [5.74, 6) is 0.0885. The first-order valence-corrected chi connectivity index (χ1v) is 7.36. The van der Waals surface area contributed by atoms with Gasteiger partial charge in [-0.05, 0) is 31.2 Å². The first-order valence-electron chi connectivity index (χ1n) is 7.36. The highest BCUT2D eigenvalue weighted by Crippen LogP contribution is 2.33. The Balaban J connectivity index is 2.27. The number of para-hydroxylation sites is 3. The Morgan fingerprint density at radius 1 is 0.773 bits per heavy atom. The lowest BCUT2D eigenvalue weighted by Gasteiger charge is -2.09. The molecule has 1 heterocycles. The average Bonchev–Trinajstić information content (AvgIpc) is 2.90. The molecule has 0 aliphatic heterocycles. The van der Waals surface area contributed by atoms with E-state index in [2.05, 4.69) is 34.9 Å². The average molecular weight is 285 g/mol. The molecule has 106 valence electrons. The molecule has 1 aromatic heterocycles. The zero-order chi connectivity index (χ0) is 15.1. The normalized spacial score (nSPS) is 11.1. The van der Waals surface area contributed by atoms with E-state index in [1.165, 1.54) is 5.39 Å². The van der Waals surface area contributed by atoms with Crippen molar-refractivity contribution in [3.05, 3.63) is 78.4 Å². The molecule has 0 saturated heterocycles. The molecule has 22 heavy (non-hydrogen) atoms. The second-order valence-electron chi connectivity index (χ2n) is 5.45. The molecule has 2 nitrogen and oxygen atoms in total. The lowest BCUT2D eigenvalue weighted by molar-refractivity contribution is 0.101. The molecule has 0 bridgehead atoms. The molecule has 0 fully saturated rings. The van der Waals surface area contributed by atoms with Crippen molar-refractivity contribution in [2.45, 2.75) is 6.92 Å². The van der Waals surface area contributed by atoms with E-state index in [1.807, 2.05) is 42.5 Å². The Labute approximate surface area is 128 Å². The van der Waals surface area contributed by atoms with Crippen LogP contribution in [0.4, 0.5) is 0 Å². The van der Waals surface area contributed by atoms with Gasteiger partial charge in [0.05, 0.1) is 11.0 Å². The van der Waals surface area contributed by atoms with Crippen LogP contribution in [0.15, 0.2) is 72.8 Å². The van der Waals surface area contributed by atoms with Gasteiger partial charge in [0, 0.05) is 22.0 Å². The van der Waals surface area contributed by atoms with E-state index in [0.717, 1.165) is 27.7 Å². The number of carbonyl (C=O) groups is 1. The molecule has 0 saturated carbocycles. The van der Waals surface area contributed by atoms with E-state index in [0.29, 0.717) is 0 Å². The summed E-state index contributed by atoms with van der Waals surface area (Å²) in [6.07, 6.45) is 0. The molecule has 0 spiro atoms. The summed E-state index contributed by atoms with van der Waals surface area (Å²) in [6, 6.07) is 24.4.